The van der Waals surface area contributed by atoms with Gasteiger partial charge in [-0.15, -0.1) is 0 Å². The Bertz CT molecular complexity index is 1190. The number of likely N-dealkylation sites (tertiary alicyclic amines) is 1. The first-order valence-electron chi connectivity index (χ1n) is 12.9. The second-order valence-electron chi connectivity index (χ2n) is 12.4. The summed E-state index contributed by atoms with van der Waals surface area (Å²) in [6, 6.07) is 1.23. The number of nitrogens with one attached hydrogen (secondary N) is 1. The molecule has 2 aromatic rings. The fraction of sp³-hybridized carbons (Fsp3) is 0.630. The highest BCUT2D eigenvalue weighted by Gasteiger charge is 2.54. The van der Waals surface area contributed by atoms with Crippen molar-refractivity contribution in [2.24, 2.45) is 10.8 Å². The van der Waals surface area contributed by atoms with Gasteiger partial charge in [0.25, 0.3) is 0 Å². The predicted molar refractivity (Wildman–Crippen MR) is 139 cm³/mol. The van der Waals surface area contributed by atoms with E-state index in [1.807, 2.05) is 37.7 Å². The molecule has 1 N–H and O–H groups in total. The number of ether oxygens (including phenoxy) is 1. The van der Waals surface area contributed by atoms with Gasteiger partial charge in [-0.3, -0.25) is 14.4 Å². The van der Waals surface area contributed by atoms with Crippen molar-refractivity contribution in [3.63, 3.8) is 0 Å². The third-order valence-corrected chi connectivity index (χ3v) is 8.09. The van der Waals surface area contributed by atoms with Crippen molar-refractivity contribution in [2.75, 3.05) is 11.9 Å². The number of pyridine rings is 1. The number of hydrogen-bond donors (Lipinski definition) is 1. The smallest absolute Gasteiger partial charge is 0.410 e. The number of amides is 2. The summed E-state index contributed by atoms with van der Waals surface area (Å²) in [5, 5.41) is 8.08. The minimum absolute atomic E-state index is 0.137. The topological polar surface area (TPSA) is 89.3 Å². The summed E-state index contributed by atoms with van der Waals surface area (Å²) in [4.78, 5) is 32.8. The lowest BCUT2D eigenvalue weighted by molar-refractivity contribution is -0.123. The van der Waals surface area contributed by atoms with Crippen molar-refractivity contribution >= 4 is 29.4 Å². The second-order valence-corrected chi connectivity index (χ2v) is 12.8. The van der Waals surface area contributed by atoms with Crippen molar-refractivity contribution in [1.82, 2.24) is 19.7 Å². The number of halogens is 1. The average molecular weight is 514 g/mol. The van der Waals surface area contributed by atoms with Crippen molar-refractivity contribution < 1.29 is 14.3 Å². The monoisotopic (exact) mass is 513 g/mol. The zero-order valence-corrected chi connectivity index (χ0v) is 22.6. The van der Waals surface area contributed by atoms with E-state index < -0.39 is 17.7 Å². The van der Waals surface area contributed by atoms with Gasteiger partial charge < -0.3 is 10.1 Å². The van der Waals surface area contributed by atoms with Crippen LogP contribution in [0.4, 0.5) is 10.6 Å². The highest BCUT2D eigenvalue weighted by atomic mass is 35.5. The van der Waals surface area contributed by atoms with E-state index in [4.69, 9.17) is 16.3 Å². The maximum Gasteiger partial charge on any atom is 0.410 e. The maximum absolute atomic E-state index is 13.8. The largest absolute Gasteiger partial charge is 0.444 e. The van der Waals surface area contributed by atoms with E-state index in [1.54, 1.807) is 11.1 Å². The van der Waals surface area contributed by atoms with Crippen LogP contribution in [0.15, 0.2) is 18.5 Å². The minimum Gasteiger partial charge on any atom is -0.444 e. The first-order chi connectivity index (χ1) is 16.9. The molecule has 4 heterocycles. The Morgan fingerprint density at radius 1 is 1.14 bits per heavy atom. The van der Waals surface area contributed by atoms with Crippen LogP contribution in [0, 0.1) is 10.8 Å². The summed E-state index contributed by atoms with van der Waals surface area (Å²) >= 11 is 6.57. The molecular formula is C27H36ClN5O3. The van der Waals surface area contributed by atoms with Gasteiger partial charge in [-0.1, -0.05) is 38.3 Å². The van der Waals surface area contributed by atoms with Crippen LogP contribution in [0.5, 0.6) is 0 Å². The molecule has 2 aromatic heterocycles. The maximum atomic E-state index is 13.8. The number of rotatable bonds is 3. The summed E-state index contributed by atoms with van der Waals surface area (Å²) in [5.74, 6) is 0.197. The molecule has 1 spiro atoms. The van der Waals surface area contributed by atoms with Gasteiger partial charge in [0.15, 0.2) is 0 Å². The van der Waals surface area contributed by atoms with Gasteiger partial charge >= 0.3 is 6.09 Å². The number of carbonyl (C=O) groups excluding carboxylic acids is 2. The molecule has 1 saturated heterocycles. The molecule has 5 rings (SSSR count). The van der Waals surface area contributed by atoms with E-state index >= 15 is 0 Å². The highest BCUT2D eigenvalue weighted by Crippen LogP contribution is 2.50. The molecule has 0 bridgehead atoms. The number of nitrogens with zero attached hydrogens (tertiary/aromatic N) is 4. The molecule has 0 aromatic carbocycles. The molecule has 1 aliphatic carbocycles. The first-order valence-corrected chi connectivity index (χ1v) is 13.3. The SMILES string of the molecule is CC1(C)Cc2c(-c3cc(NC(=O)C4N(C(=O)OC(C)(C)C)CCC45CCCC5)ncc3Cl)cnn2C1. The normalized spacial score (nSPS) is 22.2. The Morgan fingerprint density at radius 3 is 2.56 bits per heavy atom. The first kappa shape index (κ1) is 25.1. The molecule has 3 aliphatic rings. The predicted octanol–water partition coefficient (Wildman–Crippen LogP) is 5.69. The Labute approximate surface area is 217 Å². The van der Waals surface area contributed by atoms with Crippen LogP contribution in [0.1, 0.15) is 72.4 Å². The Hall–Kier alpha value is -2.61. The second kappa shape index (κ2) is 8.75. The third kappa shape index (κ3) is 4.60. The zero-order valence-electron chi connectivity index (χ0n) is 21.9. The van der Waals surface area contributed by atoms with E-state index in [0.29, 0.717) is 17.4 Å². The summed E-state index contributed by atoms with van der Waals surface area (Å²) in [7, 11) is 0. The van der Waals surface area contributed by atoms with E-state index in [9.17, 15) is 9.59 Å². The van der Waals surface area contributed by atoms with Crippen LogP contribution in [0.2, 0.25) is 5.02 Å². The van der Waals surface area contributed by atoms with Crippen LogP contribution in [-0.2, 0) is 22.5 Å². The quantitative estimate of drug-likeness (QED) is 0.569. The summed E-state index contributed by atoms with van der Waals surface area (Å²) in [6.45, 7) is 11.4. The minimum atomic E-state index is -0.628. The highest BCUT2D eigenvalue weighted by molar-refractivity contribution is 6.33. The number of carbonyl (C=O) groups is 2. The molecule has 194 valence electrons. The summed E-state index contributed by atoms with van der Waals surface area (Å²) in [6.07, 6.45) is 8.68. The van der Waals surface area contributed by atoms with Gasteiger partial charge in [0.1, 0.15) is 17.5 Å². The Kier molecular flexibility index (Phi) is 6.09. The number of fused-ring (bicyclic) bond motifs is 1. The molecular weight excluding hydrogens is 478 g/mol. The van der Waals surface area contributed by atoms with Crippen LogP contribution < -0.4 is 5.32 Å². The van der Waals surface area contributed by atoms with Gasteiger partial charge in [-0.05, 0) is 57.9 Å². The van der Waals surface area contributed by atoms with Crippen LogP contribution in [0.25, 0.3) is 11.1 Å². The lowest BCUT2D eigenvalue weighted by atomic mass is 9.78. The standard InChI is InChI=1S/C27H36ClN5O3/c1-25(2,3)36-24(35)32-11-10-27(8-6-7-9-27)22(32)23(34)31-21-12-17(19(28)15-29-21)18-14-30-33-16-26(4,5)13-20(18)33/h12,14-15,22H,6-11,13,16H2,1-5H3,(H,29,31,34). The number of aromatic nitrogens is 3. The van der Waals surface area contributed by atoms with E-state index in [-0.39, 0.29) is 16.7 Å². The molecule has 36 heavy (non-hydrogen) atoms. The zero-order chi connectivity index (χ0) is 25.9. The molecule has 2 aliphatic heterocycles. The molecule has 9 heteroatoms. The number of hydrogen-bond acceptors (Lipinski definition) is 5. The molecule has 1 saturated carbocycles. The summed E-state index contributed by atoms with van der Waals surface area (Å²) in [5.41, 5.74) is 2.20. The van der Waals surface area contributed by atoms with Gasteiger partial charge in [-0.2, -0.15) is 5.10 Å². The third-order valence-electron chi connectivity index (χ3n) is 7.79. The van der Waals surface area contributed by atoms with Crippen LogP contribution in [-0.4, -0.2) is 49.9 Å². The Morgan fingerprint density at radius 2 is 1.86 bits per heavy atom. The number of anilines is 1. The lowest BCUT2D eigenvalue weighted by Crippen LogP contribution is -2.51. The van der Waals surface area contributed by atoms with E-state index in [0.717, 1.165) is 61.9 Å². The van der Waals surface area contributed by atoms with Crippen molar-refractivity contribution in [2.45, 2.75) is 91.3 Å². The molecule has 8 nitrogen and oxygen atoms in total. The van der Waals surface area contributed by atoms with Gasteiger partial charge in [0, 0.05) is 41.5 Å². The molecule has 2 fully saturated rings. The summed E-state index contributed by atoms with van der Waals surface area (Å²) < 4.78 is 7.70. The van der Waals surface area contributed by atoms with Crippen LogP contribution >= 0.6 is 11.6 Å². The molecule has 0 radical (unpaired) electrons. The van der Waals surface area contributed by atoms with Crippen molar-refractivity contribution in [3.8, 4) is 11.1 Å². The molecule has 2 amide bonds. The van der Waals surface area contributed by atoms with Crippen molar-refractivity contribution in [3.05, 3.63) is 29.2 Å². The average Bonchev–Trinajstić information content (AvgIpc) is 3.53. The van der Waals surface area contributed by atoms with Gasteiger partial charge in [-0.25, -0.2) is 9.78 Å². The molecule has 1 atom stereocenters. The lowest BCUT2D eigenvalue weighted by Gasteiger charge is -2.34. The molecule has 1 unspecified atom stereocenters. The fourth-order valence-electron chi connectivity index (χ4n) is 6.26. The van der Waals surface area contributed by atoms with Crippen LogP contribution in [0.3, 0.4) is 0 Å². The van der Waals surface area contributed by atoms with Gasteiger partial charge in [0.2, 0.25) is 5.91 Å². The van der Waals surface area contributed by atoms with Gasteiger partial charge in [0.05, 0.1) is 11.2 Å². The van der Waals surface area contributed by atoms with Crippen molar-refractivity contribution in [1.29, 1.82) is 0 Å². The van der Waals surface area contributed by atoms with E-state index in [1.165, 1.54) is 0 Å². The Balaban J connectivity index is 1.42. The fourth-order valence-corrected chi connectivity index (χ4v) is 6.47. The van der Waals surface area contributed by atoms with E-state index in [2.05, 4.69) is 29.2 Å².